The predicted molar refractivity (Wildman–Crippen MR) is 56.2 cm³/mol. The van der Waals surface area contributed by atoms with Gasteiger partial charge in [0.2, 0.25) is 0 Å². The van der Waals surface area contributed by atoms with Gasteiger partial charge in [0.15, 0.2) is 0 Å². The highest BCUT2D eigenvalue weighted by atomic mass is 16.5. The summed E-state index contributed by atoms with van der Waals surface area (Å²) in [6.07, 6.45) is 0.710. The molecule has 0 aliphatic carbocycles. The number of para-hydroxylation sites is 1. The molecule has 0 radical (unpaired) electrons. The third kappa shape index (κ3) is 2.76. The number of esters is 1. The molecule has 0 heterocycles. The van der Waals surface area contributed by atoms with Crippen LogP contribution in [-0.2, 0) is 9.53 Å². The summed E-state index contributed by atoms with van der Waals surface area (Å²) in [5.74, 6) is -0.226. The van der Waals surface area contributed by atoms with Crippen molar-refractivity contribution in [3.63, 3.8) is 0 Å². The fraction of sp³-hybridized carbons (Fsp3) is 0.364. The van der Waals surface area contributed by atoms with Crippen LogP contribution in [0.2, 0.25) is 0 Å². The number of carbonyl (C=O) groups excluding carboxylic acids is 1. The lowest BCUT2D eigenvalue weighted by molar-refractivity contribution is -0.141. The molecule has 1 aromatic rings. The second-order valence-corrected chi connectivity index (χ2v) is 2.99. The van der Waals surface area contributed by atoms with Crippen molar-refractivity contribution in [1.82, 2.24) is 0 Å². The minimum Gasteiger partial charge on any atom is -0.467 e. The average Bonchev–Trinajstić information content (AvgIpc) is 2.26. The van der Waals surface area contributed by atoms with Crippen LogP contribution in [-0.4, -0.2) is 19.1 Å². The normalized spacial score (nSPS) is 11.9. The molecule has 0 unspecified atom stereocenters. The van der Waals surface area contributed by atoms with E-state index in [9.17, 15) is 4.79 Å². The van der Waals surface area contributed by atoms with Crippen LogP contribution >= 0.6 is 0 Å². The Hall–Kier alpha value is -1.51. The van der Waals surface area contributed by atoms with Crippen LogP contribution in [0.3, 0.4) is 0 Å². The third-order valence-corrected chi connectivity index (χ3v) is 2.01. The second-order valence-electron chi connectivity index (χ2n) is 2.99. The molecule has 3 nitrogen and oxygen atoms in total. The van der Waals surface area contributed by atoms with Gasteiger partial charge in [-0.15, -0.1) is 0 Å². The summed E-state index contributed by atoms with van der Waals surface area (Å²) < 4.78 is 4.67. The number of nitrogens with one attached hydrogen (secondary N) is 1. The van der Waals surface area contributed by atoms with Gasteiger partial charge in [-0.2, -0.15) is 0 Å². The zero-order valence-electron chi connectivity index (χ0n) is 8.49. The second kappa shape index (κ2) is 5.27. The molecule has 3 heteroatoms. The molecule has 76 valence electrons. The Morgan fingerprint density at radius 1 is 1.43 bits per heavy atom. The number of rotatable bonds is 4. The molecule has 0 amide bonds. The molecule has 0 bridgehead atoms. The van der Waals surface area contributed by atoms with Gasteiger partial charge in [0.1, 0.15) is 6.04 Å². The summed E-state index contributed by atoms with van der Waals surface area (Å²) in [4.78, 5) is 11.3. The Labute approximate surface area is 84.1 Å². The van der Waals surface area contributed by atoms with E-state index in [1.54, 1.807) is 0 Å². The van der Waals surface area contributed by atoms with Crippen LogP contribution in [0.5, 0.6) is 0 Å². The first kappa shape index (κ1) is 10.6. The first-order valence-corrected chi connectivity index (χ1v) is 4.67. The van der Waals surface area contributed by atoms with Gasteiger partial charge >= 0.3 is 5.97 Å². The third-order valence-electron chi connectivity index (χ3n) is 2.01. The lowest BCUT2D eigenvalue weighted by Gasteiger charge is -2.15. The van der Waals surface area contributed by atoms with Gasteiger partial charge in [0, 0.05) is 5.69 Å². The molecule has 0 saturated carbocycles. The molecule has 0 saturated heterocycles. The molecular formula is C11H15NO2. The van der Waals surface area contributed by atoms with E-state index in [1.807, 2.05) is 37.3 Å². The SMILES string of the molecule is CC[C@H](Nc1ccccc1)C(=O)OC. The largest absolute Gasteiger partial charge is 0.467 e. The first-order chi connectivity index (χ1) is 6.77. The monoisotopic (exact) mass is 193 g/mol. The van der Waals surface area contributed by atoms with E-state index >= 15 is 0 Å². The highest BCUT2D eigenvalue weighted by Crippen LogP contribution is 2.09. The van der Waals surface area contributed by atoms with Crippen LogP contribution in [0.25, 0.3) is 0 Å². The number of methoxy groups -OCH3 is 1. The van der Waals surface area contributed by atoms with Crippen molar-refractivity contribution in [3.8, 4) is 0 Å². The van der Waals surface area contributed by atoms with Gasteiger partial charge in [-0.1, -0.05) is 25.1 Å². The fourth-order valence-corrected chi connectivity index (χ4v) is 1.21. The topological polar surface area (TPSA) is 38.3 Å². The molecule has 0 fully saturated rings. The zero-order chi connectivity index (χ0) is 10.4. The van der Waals surface area contributed by atoms with Crippen molar-refractivity contribution in [1.29, 1.82) is 0 Å². The van der Waals surface area contributed by atoms with Crippen molar-refractivity contribution < 1.29 is 9.53 Å². The highest BCUT2D eigenvalue weighted by Gasteiger charge is 2.15. The predicted octanol–water partition coefficient (Wildman–Crippen LogP) is 2.05. The van der Waals surface area contributed by atoms with Gasteiger partial charge < -0.3 is 10.1 Å². The van der Waals surface area contributed by atoms with Crippen LogP contribution < -0.4 is 5.32 Å². The smallest absolute Gasteiger partial charge is 0.328 e. The summed E-state index contributed by atoms with van der Waals surface area (Å²) in [5, 5.41) is 3.10. The van der Waals surface area contributed by atoms with Crippen LogP contribution in [0.1, 0.15) is 13.3 Å². The van der Waals surface area contributed by atoms with Crippen LogP contribution in [0, 0.1) is 0 Å². The minimum atomic E-state index is -0.262. The summed E-state index contributed by atoms with van der Waals surface area (Å²) in [7, 11) is 1.40. The lowest BCUT2D eigenvalue weighted by Crippen LogP contribution is -2.29. The molecule has 14 heavy (non-hydrogen) atoms. The van der Waals surface area contributed by atoms with Crippen molar-refractivity contribution >= 4 is 11.7 Å². The van der Waals surface area contributed by atoms with Gasteiger partial charge in [0.05, 0.1) is 7.11 Å². The maximum atomic E-state index is 11.3. The summed E-state index contributed by atoms with van der Waals surface area (Å²) >= 11 is 0. The molecule has 0 aromatic heterocycles. The van der Waals surface area contributed by atoms with E-state index in [1.165, 1.54) is 7.11 Å². The summed E-state index contributed by atoms with van der Waals surface area (Å²) in [6, 6.07) is 9.36. The first-order valence-electron chi connectivity index (χ1n) is 4.67. The molecule has 1 N–H and O–H groups in total. The van der Waals surface area contributed by atoms with Crippen molar-refractivity contribution in [2.75, 3.05) is 12.4 Å². The molecule has 0 spiro atoms. The van der Waals surface area contributed by atoms with E-state index in [0.717, 1.165) is 5.69 Å². The van der Waals surface area contributed by atoms with E-state index in [4.69, 9.17) is 0 Å². The fourth-order valence-electron chi connectivity index (χ4n) is 1.21. The maximum absolute atomic E-state index is 11.3. The molecule has 1 rings (SSSR count). The average molecular weight is 193 g/mol. The van der Waals surface area contributed by atoms with Crippen molar-refractivity contribution in [3.05, 3.63) is 30.3 Å². The zero-order valence-corrected chi connectivity index (χ0v) is 8.49. The van der Waals surface area contributed by atoms with Crippen molar-refractivity contribution in [2.45, 2.75) is 19.4 Å². The quantitative estimate of drug-likeness (QED) is 0.744. The Balaban J connectivity index is 2.62. The van der Waals surface area contributed by atoms with Crippen LogP contribution in [0.15, 0.2) is 30.3 Å². The van der Waals surface area contributed by atoms with E-state index in [0.29, 0.717) is 6.42 Å². The van der Waals surface area contributed by atoms with Gasteiger partial charge in [-0.05, 0) is 18.6 Å². The lowest BCUT2D eigenvalue weighted by atomic mass is 10.2. The van der Waals surface area contributed by atoms with E-state index in [-0.39, 0.29) is 12.0 Å². The van der Waals surface area contributed by atoms with Crippen LogP contribution in [0.4, 0.5) is 5.69 Å². The molecular weight excluding hydrogens is 178 g/mol. The number of anilines is 1. The number of benzene rings is 1. The van der Waals surface area contributed by atoms with Crippen molar-refractivity contribution in [2.24, 2.45) is 0 Å². The Morgan fingerprint density at radius 3 is 2.57 bits per heavy atom. The standard InChI is InChI=1S/C11H15NO2/c1-3-10(11(13)14-2)12-9-7-5-4-6-8-9/h4-8,10,12H,3H2,1-2H3/t10-/m0/s1. The number of ether oxygens (including phenoxy) is 1. The number of carbonyl (C=O) groups is 1. The molecule has 0 aliphatic heterocycles. The minimum absolute atomic E-state index is 0.226. The Kier molecular flexibility index (Phi) is 3.98. The Morgan fingerprint density at radius 2 is 2.07 bits per heavy atom. The number of hydrogen-bond donors (Lipinski definition) is 1. The number of hydrogen-bond acceptors (Lipinski definition) is 3. The summed E-state index contributed by atoms with van der Waals surface area (Å²) in [6.45, 7) is 1.94. The van der Waals surface area contributed by atoms with Gasteiger partial charge in [-0.3, -0.25) is 0 Å². The highest BCUT2D eigenvalue weighted by molar-refractivity contribution is 5.79. The Bertz CT molecular complexity index is 285. The molecule has 0 aliphatic rings. The van der Waals surface area contributed by atoms with E-state index < -0.39 is 0 Å². The van der Waals surface area contributed by atoms with E-state index in [2.05, 4.69) is 10.1 Å². The maximum Gasteiger partial charge on any atom is 0.328 e. The summed E-state index contributed by atoms with van der Waals surface area (Å²) in [5.41, 5.74) is 0.935. The van der Waals surface area contributed by atoms with Gasteiger partial charge in [0.25, 0.3) is 0 Å². The molecule has 1 aromatic carbocycles. The van der Waals surface area contributed by atoms with Gasteiger partial charge in [-0.25, -0.2) is 4.79 Å². The molecule has 1 atom stereocenters.